The number of carbonyl (C=O) groups is 2. The van der Waals surface area contributed by atoms with Crippen LogP contribution in [0.4, 0.5) is 5.13 Å². The van der Waals surface area contributed by atoms with Gasteiger partial charge in [-0.25, -0.2) is 14.8 Å². The number of thiazole rings is 1. The van der Waals surface area contributed by atoms with Gasteiger partial charge in [-0.05, 0) is 19.8 Å². The summed E-state index contributed by atoms with van der Waals surface area (Å²) in [5.74, 6) is -0.919. The van der Waals surface area contributed by atoms with Crippen LogP contribution in [0.25, 0.3) is 0 Å². The largest absolute Gasteiger partial charge is 0.477 e. The number of anilines is 1. The predicted octanol–water partition coefficient (Wildman–Crippen LogP) is 1.46. The van der Waals surface area contributed by atoms with Crippen LogP contribution in [0.2, 0.25) is 0 Å². The van der Waals surface area contributed by atoms with E-state index in [9.17, 15) is 9.59 Å². The monoisotopic (exact) mass is 393 g/mol. The summed E-state index contributed by atoms with van der Waals surface area (Å²) in [6.45, 7) is 5.06. The molecule has 0 saturated carbocycles. The molecule has 1 amide bonds. The van der Waals surface area contributed by atoms with Crippen molar-refractivity contribution in [1.82, 2.24) is 20.3 Å². The molecule has 1 fully saturated rings. The third-order valence-electron chi connectivity index (χ3n) is 4.69. The Morgan fingerprint density at radius 3 is 2.89 bits per heavy atom. The van der Waals surface area contributed by atoms with E-state index < -0.39 is 5.97 Å². The minimum absolute atomic E-state index is 0.159. The number of hydrogen-bond acceptors (Lipinski definition) is 7. The summed E-state index contributed by atoms with van der Waals surface area (Å²) in [4.78, 5) is 37.3. The Labute approximate surface area is 160 Å². The van der Waals surface area contributed by atoms with Crippen LogP contribution >= 0.6 is 11.3 Å². The molecule has 10 heteroatoms. The molecule has 3 N–H and O–H groups in total. The van der Waals surface area contributed by atoms with E-state index in [-0.39, 0.29) is 22.9 Å². The van der Waals surface area contributed by atoms with Gasteiger partial charge in [-0.1, -0.05) is 18.3 Å². The van der Waals surface area contributed by atoms with Crippen molar-refractivity contribution >= 4 is 28.3 Å². The molecule has 1 aliphatic rings. The van der Waals surface area contributed by atoms with Crippen molar-refractivity contribution in [3.05, 3.63) is 28.3 Å². The third-order valence-corrected chi connectivity index (χ3v) is 5.73. The fourth-order valence-electron chi connectivity index (χ4n) is 3.19. The van der Waals surface area contributed by atoms with E-state index in [0.717, 1.165) is 29.1 Å². The Balaban J connectivity index is 1.65. The molecule has 3 rings (SSSR count). The Kier molecular flexibility index (Phi) is 5.76. The van der Waals surface area contributed by atoms with Crippen molar-refractivity contribution < 1.29 is 19.4 Å². The smallest absolute Gasteiger partial charge is 0.347 e. The number of imidazole rings is 1. The minimum Gasteiger partial charge on any atom is -0.477 e. The molecule has 0 bridgehead atoms. The Morgan fingerprint density at radius 1 is 1.52 bits per heavy atom. The molecular formula is C17H23N5O4S. The molecular weight excluding hydrogens is 370 g/mol. The second-order valence-electron chi connectivity index (χ2n) is 6.41. The number of methoxy groups -OCH3 is 1. The van der Waals surface area contributed by atoms with Crippen LogP contribution in [0.1, 0.15) is 45.0 Å². The van der Waals surface area contributed by atoms with Gasteiger partial charge in [0, 0.05) is 25.9 Å². The fraction of sp³-hybridized carbons (Fsp3) is 0.529. The number of aryl methyl sites for hydroxylation is 2. The summed E-state index contributed by atoms with van der Waals surface area (Å²) >= 11 is 1.14. The third kappa shape index (κ3) is 4.11. The van der Waals surface area contributed by atoms with Gasteiger partial charge in [-0.3, -0.25) is 4.79 Å². The van der Waals surface area contributed by atoms with E-state index in [1.54, 1.807) is 7.11 Å². The minimum atomic E-state index is -0.982. The number of ether oxygens (including phenoxy) is 1. The van der Waals surface area contributed by atoms with Gasteiger partial charge in [-0.2, -0.15) is 0 Å². The maximum Gasteiger partial charge on any atom is 0.347 e. The highest BCUT2D eigenvalue weighted by molar-refractivity contribution is 7.17. The quantitative estimate of drug-likeness (QED) is 0.679. The van der Waals surface area contributed by atoms with Gasteiger partial charge in [-0.15, -0.1) is 0 Å². The number of amides is 1. The topological polar surface area (TPSA) is 120 Å². The number of H-pyrrole nitrogens is 1. The van der Waals surface area contributed by atoms with Crippen molar-refractivity contribution in [3.8, 4) is 0 Å². The van der Waals surface area contributed by atoms with E-state index >= 15 is 0 Å². The molecule has 1 saturated heterocycles. The maximum absolute atomic E-state index is 12.5. The zero-order valence-electron chi connectivity index (χ0n) is 15.5. The molecule has 9 nitrogen and oxygen atoms in total. The van der Waals surface area contributed by atoms with Gasteiger partial charge in [0.1, 0.15) is 4.88 Å². The maximum atomic E-state index is 12.5. The number of nitrogens with one attached hydrogen (secondary N) is 2. The number of carbonyl (C=O) groups excluding carboxylic acids is 1. The summed E-state index contributed by atoms with van der Waals surface area (Å²) in [5, 5.41) is 12.7. The van der Waals surface area contributed by atoms with Crippen molar-refractivity contribution in [3.63, 3.8) is 0 Å². The number of piperidine rings is 1. The van der Waals surface area contributed by atoms with Crippen molar-refractivity contribution in [2.45, 2.75) is 38.8 Å². The highest BCUT2D eigenvalue weighted by Gasteiger charge is 2.32. The second-order valence-corrected chi connectivity index (χ2v) is 7.42. The lowest BCUT2D eigenvalue weighted by Gasteiger charge is -2.37. The molecule has 3 heterocycles. The van der Waals surface area contributed by atoms with E-state index in [0.29, 0.717) is 30.5 Å². The Hall–Kier alpha value is -2.46. The first-order valence-corrected chi connectivity index (χ1v) is 9.57. The molecule has 27 heavy (non-hydrogen) atoms. The SMILES string of the molecule is CCc1nc(C(=O)N[C@@H]2CCN(c3ncc(C(=O)O)s3)C[C@@H]2OC)[nH]c1C. The number of aromatic nitrogens is 3. The van der Waals surface area contributed by atoms with Gasteiger partial charge in [0.15, 0.2) is 11.0 Å². The van der Waals surface area contributed by atoms with E-state index in [1.165, 1.54) is 6.20 Å². The molecule has 2 aromatic heterocycles. The average Bonchev–Trinajstić information content (AvgIpc) is 3.29. The van der Waals surface area contributed by atoms with Crippen molar-refractivity contribution in [2.24, 2.45) is 0 Å². The number of aromatic amines is 1. The van der Waals surface area contributed by atoms with Crippen LogP contribution in [0.5, 0.6) is 0 Å². The summed E-state index contributed by atoms with van der Waals surface area (Å²) < 4.78 is 5.57. The number of carboxylic acid groups (broad SMARTS) is 1. The van der Waals surface area contributed by atoms with Crippen LogP contribution in [-0.2, 0) is 11.2 Å². The van der Waals surface area contributed by atoms with Crippen LogP contribution < -0.4 is 10.2 Å². The number of rotatable bonds is 6. The van der Waals surface area contributed by atoms with Gasteiger partial charge in [0.05, 0.1) is 24.0 Å². The average molecular weight is 393 g/mol. The highest BCUT2D eigenvalue weighted by Crippen LogP contribution is 2.26. The van der Waals surface area contributed by atoms with Gasteiger partial charge in [0.25, 0.3) is 5.91 Å². The van der Waals surface area contributed by atoms with Crippen molar-refractivity contribution in [2.75, 3.05) is 25.1 Å². The molecule has 0 aromatic carbocycles. The molecule has 0 spiro atoms. The Bertz CT molecular complexity index is 833. The highest BCUT2D eigenvalue weighted by atomic mass is 32.1. The molecule has 0 unspecified atom stereocenters. The van der Waals surface area contributed by atoms with Crippen LogP contribution in [0.15, 0.2) is 6.20 Å². The molecule has 146 valence electrons. The zero-order chi connectivity index (χ0) is 19.6. The van der Waals surface area contributed by atoms with E-state index in [2.05, 4.69) is 20.3 Å². The molecule has 2 aromatic rings. The second kappa shape index (κ2) is 8.05. The van der Waals surface area contributed by atoms with Crippen molar-refractivity contribution in [1.29, 1.82) is 0 Å². The number of hydrogen-bond donors (Lipinski definition) is 3. The summed E-state index contributed by atoms with van der Waals surface area (Å²) in [5.41, 5.74) is 1.79. The number of nitrogens with zero attached hydrogens (tertiary/aromatic N) is 3. The first-order valence-electron chi connectivity index (χ1n) is 8.76. The molecule has 2 atom stereocenters. The standard InChI is InChI=1S/C17H23N5O4S/c1-4-10-9(2)19-14(20-10)15(23)21-11-5-6-22(8-12(11)26-3)17-18-7-13(27-17)16(24)25/h7,11-12H,4-6,8H2,1-3H3,(H,19,20)(H,21,23)(H,24,25)/t11-,12+/m1/s1. The lowest BCUT2D eigenvalue weighted by atomic mass is 10.0. The van der Waals surface area contributed by atoms with Gasteiger partial charge < -0.3 is 25.0 Å². The normalized spacial score (nSPS) is 19.9. The van der Waals surface area contributed by atoms with Crippen LogP contribution in [0.3, 0.4) is 0 Å². The molecule has 0 aliphatic carbocycles. The van der Waals surface area contributed by atoms with Crippen LogP contribution in [-0.4, -0.2) is 64.3 Å². The van der Waals surface area contributed by atoms with E-state index in [1.807, 2.05) is 18.7 Å². The number of aromatic carboxylic acids is 1. The predicted molar refractivity (Wildman–Crippen MR) is 101 cm³/mol. The Morgan fingerprint density at radius 2 is 2.30 bits per heavy atom. The lowest BCUT2D eigenvalue weighted by molar-refractivity contribution is 0.0538. The first-order chi connectivity index (χ1) is 12.9. The lowest BCUT2D eigenvalue weighted by Crippen LogP contribution is -2.55. The van der Waals surface area contributed by atoms with Gasteiger partial charge in [0.2, 0.25) is 0 Å². The summed E-state index contributed by atoms with van der Waals surface area (Å²) in [7, 11) is 1.60. The molecule has 1 aliphatic heterocycles. The fourth-order valence-corrected chi connectivity index (χ4v) is 3.98. The number of carboxylic acids is 1. The first kappa shape index (κ1) is 19.3. The molecule has 0 radical (unpaired) electrons. The van der Waals surface area contributed by atoms with E-state index in [4.69, 9.17) is 9.84 Å². The van der Waals surface area contributed by atoms with Gasteiger partial charge >= 0.3 is 5.97 Å². The summed E-state index contributed by atoms with van der Waals surface area (Å²) in [6, 6.07) is -0.159. The zero-order valence-corrected chi connectivity index (χ0v) is 16.3. The van der Waals surface area contributed by atoms with Crippen LogP contribution in [0, 0.1) is 6.92 Å². The summed E-state index contributed by atoms with van der Waals surface area (Å²) in [6.07, 6.45) is 2.55.